The molecule has 0 aliphatic carbocycles. The van der Waals surface area contributed by atoms with Crippen LogP contribution < -0.4 is 9.47 Å². The lowest BCUT2D eigenvalue weighted by Gasteiger charge is -2.26. The third kappa shape index (κ3) is 6.12. The van der Waals surface area contributed by atoms with Gasteiger partial charge in [0, 0.05) is 19.5 Å². The SMILES string of the molecule is CC(CC(C)N(C)C(=O)Oc1ccccc1)OC(=O)Oc1ccccc1. The van der Waals surface area contributed by atoms with Crippen molar-refractivity contribution >= 4 is 12.2 Å². The van der Waals surface area contributed by atoms with E-state index in [1.54, 1.807) is 62.5 Å². The van der Waals surface area contributed by atoms with E-state index in [0.717, 1.165) is 0 Å². The molecule has 0 radical (unpaired) electrons. The Labute approximate surface area is 153 Å². The highest BCUT2D eigenvalue weighted by Crippen LogP contribution is 2.15. The topological polar surface area (TPSA) is 65.1 Å². The van der Waals surface area contributed by atoms with Gasteiger partial charge in [-0.05, 0) is 38.1 Å². The first-order chi connectivity index (χ1) is 12.5. The van der Waals surface area contributed by atoms with E-state index in [1.807, 2.05) is 19.1 Å². The van der Waals surface area contributed by atoms with Gasteiger partial charge in [0.2, 0.25) is 0 Å². The van der Waals surface area contributed by atoms with Crippen molar-refractivity contribution in [2.24, 2.45) is 0 Å². The molecule has 0 saturated heterocycles. The predicted molar refractivity (Wildman–Crippen MR) is 97.3 cm³/mol. The number of carbonyl (C=O) groups is 2. The lowest BCUT2D eigenvalue weighted by Crippen LogP contribution is -2.39. The maximum absolute atomic E-state index is 12.2. The predicted octanol–water partition coefficient (Wildman–Crippen LogP) is 4.50. The second-order valence-corrected chi connectivity index (χ2v) is 5.97. The molecular formula is C20H23NO5. The monoisotopic (exact) mass is 357 g/mol. The van der Waals surface area contributed by atoms with Gasteiger partial charge in [-0.1, -0.05) is 36.4 Å². The number of ether oxygens (including phenoxy) is 3. The maximum atomic E-state index is 12.2. The van der Waals surface area contributed by atoms with Crippen molar-refractivity contribution in [1.29, 1.82) is 0 Å². The van der Waals surface area contributed by atoms with Crippen LogP contribution in [0.25, 0.3) is 0 Å². The van der Waals surface area contributed by atoms with Crippen molar-refractivity contribution in [1.82, 2.24) is 4.90 Å². The molecule has 0 heterocycles. The Kier molecular flexibility index (Phi) is 7.02. The van der Waals surface area contributed by atoms with Gasteiger partial charge in [-0.15, -0.1) is 0 Å². The van der Waals surface area contributed by atoms with E-state index in [4.69, 9.17) is 14.2 Å². The minimum atomic E-state index is -0.773. The van der Waals surface area contributed by atoms with Crippen molar-refractivity contribution in [3.8, 4) is 11.5 Å². The molecule has 0 aliphatic heterocycles. The van der Waals surface area contributed by atoms with E-state index in [0.29, 0.717) is 17.9 Å². The fourth-order valence-electron chi connectivity index (χ4n) is 2.30. The molecule has 0 fully saturated rings. The van der Waals surface area contributed by atoms with Gasteiger partial charge in [0.25, 0.3) is 0 Å². The molecule has 1 amide bonds. The first-order valence-corrected chi connectivity index (χ1v) is 8.39. The van der Waals surface area contributed by atoms with Crippen LogP contribution in [-0.4, -0.2) is 36.3 Å². The first-order valence-electron chi connectivity index (χ1n) is 8.39. The van der Waals surface area contributed by atoms with Crippen LogP contribution in [0.4, 0.5) is 9.59 Å². The summed E-state index contributed by atoms with van der Waals surface area (Å²) in [5.41, 5.74) is 0. The summed E-state index contributed by atoms with van der Waals surface area (Å²) >= 11 is 0. The van der Waals surface area contributed by atoms with Crippen LogP contribution in [0.5, 0.6) is 11.5 Å². The Morgan fingerprint density at radius 3 is 1.92 bits per heavy atom. The standard InChI is InChI=1S/C20H23NO5/c1-15(21(3)19(22)25-17-10-6-4-7-11-17)14-16(2)24-20(23)26-18-12-8-5-9-13-18/h4-13,15-16H,14H2,1-3H3. The molecule has 0 saturated carbocycles. The summed E-state index contributed by atoms with van der Waals surface area (Å²) in [4.78, 5) is 25.4. The second kappa shape index (κ2) is 9.46. The number of amides is 1. The van der Waals surface area contributed by atoms with E-state index in [9.17, 15) is 9.59 Å². The Balaban J connectivity index is 1.78. The molecule has 0 spiro atoms. The molecule has 2 atom stereocenters. The summed E-state index contributed by atoms with van der Waals surface area (Å²) < 4.78 is 15.6. The summed E-state index contributed by atoms with van der Waals surface area (Å²) in [6, 6.07) is 17.4. The van der Waals surface area contributed by atoms with E-state index in [2.05, 4.69) is 0 Å². The van der Waals surface area contributed by atoms with Crippen LogP contribution in [0.15, 0.2) is 60.7 Å². The van der Waals surface area contributed by atoms with Gasteiger partial charge in [0.1, 0.15) is 17.6 Å². The van der Waals surface area contributed by atoms with Crippen molar-refractivity contribution in [3.05, 3.63) is 60.7 Å². The molecule has 6 nitrogen and oxygen atoms in total. The summed E-state index contributed by atoms with van der Waals surface area (Å²) in [6.07, 6.45) is -1.22. The van der Waals surface area contributed by atoms with Gasteiger partial charge in [0.15, 0.2) is 0 Å². The Morgan fingerprint density at radius 2 is 1.38 bits per heavy atom. The van der Waals surface area contributed by atoms with Gasteiger partial charge in [-0.25, -0.2) is 9.59 Å². The number of benzene rings is 2. The minimum Gasteiger partial charge on any atom is -0.431 e. The average molecular weight is 357 g/mol. The molecule has 2 rings (SSSR count). The van der Waals surface area contributed by atoms with Crippen LogP contribution in [0.2, 0.25) is 0 Å². The molecule has 0 aromatic heterocycles. The van der Waals surface area contributed by atoms with Gasteiger partial charge in [-0.2, -0.15) is 0 Å². The van der Waals surface area contributed by atoms with E-state index >= 15 is 0 Å². The quantitative estimate of drug-likeness (QED) is 0.562. The molecule has 0 aliphatic rings. The highest BCUT2D eigenvalue weighted by Gasteiger charge is 2.22. The smallest absolute Gasteiger partial charge is 0.431 e. The molecule has 0 N–H and O–H groups in total. The zero-order valence-corrected chi connectivity index (χ0v) is 15.1. The summed E-state index contributed by atoms with van der Waals surface area (Å²) in [5.74, 6) is 0.897. The van der Waals surface area contributed by atoms with Crippen molar-refractivity contribution in [2.75, 3.05) is 7.05 Å². The highest BCUT2D eigenvalue weighted by atomic mass is 16.7. The molecule has 2 aromatic carbocycles. The highest BCUT2D eigenvalue weighted by molar-refractivity contribution is 5.70. The van der Waals surface area contributed by atoms with E-state index in [1.165, 1.54) is 4.90 Å². The molecule has 2 unspecified atom stereocenters. The lowest BCUT2D eigenvalue weighted by atomic mass is 10.1. The molecule has 2 aromatic rings. The van der Waals surface area contributed by atoms with Crippen molar-refractivity contribution < 1.29 is 23.8 Å². The van der Waals surface area contributed by atoms with Crippen molar-refractivity contribution in [3.63, 3.8) is 0 Å². The zero-order valence-electron chi connectivity index (χ0n) is 15.1. The lowest BCUT2D eigenvalue weighted by molar-refractivity contribution is 0.0515. The zero-order chi connectivity index (χ0) is 18.9. The number of para-hydroxylation sites is 2. The number of nitrogens with zero attached hydrogens (tertiary/aromatic N) is 1. The van der Waals surface area contributed by atoms with Crippen LogP contribution in [0, 0.1) is 0 Å². The second-order valence-electron chi connectivity index (χ2n) is 5.97. The first kappa shape index (κ1) is 19.3. The number of hydrogen-bond acceptors (Lipinski definition) is 5. The average Bonchev–Trinajstić information content (AvgIpc) is 2.62. The number of rotatable bonds is 6. The summed E-state index contributed by atoms with van der Waals surface area (Å²) in [5, 5.41) is 0. The van der Waals surface area contributed by atoms with Crippen LogP contribution in [0.1, 0.15) is 20.3 Å². The van der Waals surface area contributed by atoms with Crippen LogP contribution >= 0.6 is 0 Å². The minimum absolute atomic E-state index is 0.189. The fourth-order valence-corrected chi connectivity index (χ4v) is 2.30. The van der Waals surface area contributed by atoms with E-state index < -0.39 is 18.4 Å². The maximum Gasteiger partial charge on any atom is 0.514 e. The van der Waals surface area contributed by atoms with Gasteiger partial charge >= 0.3 is 12.2 Å². The molecule has 6 heteroatoms. The third-order valence-electron chi connectivity index (χ3n) is 3.81. The van der Waals surface area contributed by atoms with E-state index in [-0.39, 0.29) is 6.04 Å². The van der Waals surface area contributed by atoms with Crippen LogP contribution in [-0.2, 0) is 4.74 Å². The molecule has 138 valence electrons. The largest absolute Gasteiger partial charge is 0.514 e. The van der Waals surface area contributed by atoms with Gasteiger partial charge in [-0.3, -0.25) is 0 Å². The molecule has 26 heavy (non-hydrogen) atoms. The summed E-state index contributed by atoms with van der Waals surface area (Å²) in [6.45, 7) is 3.60. The summed E-state index contributed by atoms with van der Waals surface area (Å²) in [7, 11) is 1.64. The van der Waals surface area contributed by atoms with Crippen molar-refractivity contribution in [2.45, 2.75) is 32.4 Å². The Morgan fingerprint density at radius 1 is 0.885 bits per heavy atom. The third-order valence-corrected chi connectivity index (χ3v) is 3.81. The number of carbonyl (C=O) groups excluding carboxylic acids is 2. The molecular weight excluding hydrogens is 334 g/mol. The van der Waals surface area contributed by atoms with Gasteiger partial charge < -0.3 is 19.1 Å². The fraction of sp³-hybridized carbons (Fsp3) is 0.300. The van der Waals surface area contributed by atoms with Gasteiger partial charge in [0.05, 0.1) is 0 Å². The van der Waals surface area contributed by atoms with Crippen LogP contribution in [0.3, 0.4) is 0 Å². The molecule has 0 bridgehead atoms. The Hall–Kier alpha value is -3.02. The Bertz CT molecular complexity index is 705. The number of hydrogen-bond donors (Lipinski definition) is 0. The normalized spacial score (nSPS) is 12.6.